The minimum atomic E-state index is 0.673. The Morgan fingerprint density at radius 2 is 2.10 bits per heavy atom. The number of nitrogens with two attached hydrogens (primary N) is 1. The van der Waals surface area contributed by atoms with Crippen LogP contribution in [0.15, 0.2) is 34.9 Å². The van der Waals surface area contributed by atoms with E-state index in [1.54, 1.807) is 6.20 Å². The highest BCUT2D eigenvalue weighted by atomic mass is 16.3. The number of aryl methyl sites for hydroxylation is 2. The molecule has 0 amide bonds. The molecule has 0 fully saturated rings. The Kier molecular flexibility index (Phi) is 3.02. The summed E-state index contributed by atoms with van der Waals surface area (Å²) in [6.07, 6.45) is 1.65. The molecule has 0 bridgehead atoms. The summed E-state index contributed by atoms with van der Waals surface area (Å²) >= 11 is 0. The van der Waals surface area contributed by atoms with Gasteiger partial charge >= 0.3 is 0 Å². The normalized spacial score (nSPS) is 10.9. The van der Waals surface area contributed by atoms with Crippen molar-refractivity contribution in [3.63, 3.8) is 0 Å². The average Bonchev–Trinajstić information content (AvgIpc) is 2.77. The molecule has 5 nitrogen and oxygen atoms in total. The number of nitrogens with zero attached hydrogens (tertiary/aromatic N) is 2. The molecule has 3 aromatic rings. The summed E-state index contributed by atoms with van der Waals surface area (Å²) in [5.41, 5.74) is 10.2. The average molecular weight is 268 g/mol. The van der Waals surface area contributed by atoms with Gasteiger partial charge in [0.1, 0.15) is 11.3 Å². The Morgan fingerprint density at radius 3 is 2.90 bits per heavy atom. The molecule has 0 aliphatic heterocycles. The first-order chi connectivity index (χ1) is 9.61. The monoisotopic (exact) mass is 268 g/mol. The Hall–Kier alpha value is -2.56. The van der Waals surface area contributed by atoms with Crippen molar-refractivity contribution in [3.8, 4) is 0 Å². The molecular formula is C15H16N4O. The van der Waals surface area contributed by atoms with E-state index in [4.69, 9.17) is 10.2 Å². The maximum Gasteiger partial charge on any atom is 0.192 e. The first kappa shape index (κ1) is 12.5. The molecule has 0 aliphatic rings. The van der Waals surface area contributed by atoms with E-state index >= 15 is 0 Å². The number of pyridine rings is 1. The van der Waals surface area contributed by atoms with E-state index in [9.17, 15) is 0 Å². The van der Waals surface area contributed by atoms with E-state index in [0.29, 0.717) is 18.1 Å². The minimum absolute atomic E-state index is 0.673. The molecule has 0 saturated heterocycles. The van der Waals surface area contributed by atoms with Crippen molar-refractivity contribution in [1.82, 2.24) is 9.97 Å². The second kappa shape index (κ2) is 4.85. The number of nitrogen functional groups attached to an aromatic ring is 1. The van der Waals surface area contributed by atoms with Gasteiger partial charge in [-0.2, -0.15) is 0 Å². The number of fused-ring (bicyclic) bond motifs is 1. The van der Waals surface area contributed by atoms with Crippen LogP contribution in [0.2, 0.25) is 0 Å². The van der Waals surface area contributed by atoms with Crippen LogP contribution < -0.4 is 11.1 Å². The molecular weight excluding hydrogens is 252 g/mol. The minimum Gasteiger partial charge on any atom is -0.441 e. The van der Waals surface area contributed by atoms with Crippen LogP contribution in [0.1, 0.15) is 17.0 Å². The molecule has 0 atom stereocenters. The first-order valence-corrected chi connectivity index (χ1v) is 6.44. The van der Waals surface area contributed by atoms with Crippen molar-refractivity contribution in [2.24, 2.45) is 0 Å². The fourth-order valence-corrected chi connectivity index (χ4v) is 2.16. The number of anilines is 2. The number of oxazole rings is 1. The standard InChI is InChI=1S/C15H16N4O/c1-9-5-12(16)8-18-15(9)17-7-11-3-4-13-14(6-11)20-10(2)19-13/h3-6,8H,7,16H2,1-2H3,(H,17,18). The summed E-state index contributed by atoms with van der Waals surface area (Å²) in [6, 6.07) is 7.89. The van der Waals surface area contributed by atoms with Crippen LogP contribution in [0, 0.1) is 13.8 Å². The lowest BCUT2D eigenvalue weighted by Gasteiger charge is -2.08. The highest BCUT2D eigenvalue weighted by Gasteiger charge is 2.04. The van der Waals surface area contributed by atoms with Gasteiger partial charge in [0.2, 0.25) is 0 Å². The van der Waals surface area contributed by atoms with Crippen molar-refractivity contribution >= 4 is 22.6 Å². The number of hydrogen-bond donors (Lipinski definition) is 2. The molecule has 0 radical (unpaired) electrons. The van der Waals surface area contributed by atoms with E-state index in [1.165, 1.54) is 0 Å². The maximum atomic E-state index is 5.69. The third kappa shape index (κ3) is 2.42. The molecule has 5 heteroatoms. The molecule has 3 N–H and O–H groups in total. The van der Waals surface area contributed by atoms with Gasteiger partial charge in [-0.3, -0.25) is 0 Å². The Morgan fingerprint density at radius 1 is 1.25 bits per heavy atom. The van der Waals surface area contributed by atoms with E-state index in [1.807, 2.05) is 38.1 Å². The zero-order valence-corrected chi connectivity index (χ0v) is 11.5. The van der Waals surface area contributed by atoms with Crippen molar-refractivity contribution in [3.05, 3.63) is 47.5 Å². The van der Waals surface area contributed by atoms with Crippen molar-refractivity contribution < 1.29 is 4.42 Å². The third-order valence-corrected chi connectivity index (χ3v) is 3.12. The summed E-state index contributed by atoms with van der Waals surface area (Å²) in [4.78, 5) is 8.57. The van der Waals surface area contributed by atoms with Crippen LogP contribution in [0.4, 0.5) is 11.5 Å². The summed E-state index contributed by atoms with van der Waals surface area (Å²) in [6.45, 7) is 4.50. The number of nitrogens with one attached hydrogen (secondary N) is 1. The van der Waals surface area contributed by atoms with Crippen molar-refractivity contribution in [2.75, 3.05) is 11.1 Å². The first-order valence-electron chi connectivity index (χ1n) is 6.44. The van der Waals surface area contributed by atoms with Crippen LogP contribution in [-0.4, -0.2) is 9.97 Å². The van der Waals surface area contributed by atoms with Gasteiger partial charge in [0.15, 0.2) is 11.5 Å². The molecule has 102 valence electrons. The largest absolute Gasteiger partial charge is 0.441 e. The highest BCUT2D eigenvalue weighted by molar-refractivity contribution is 5.73. The van der Waals surface area contributed by atoms with Gasteiger partial charge in [-0.25, -0.2) is 9.97 Å². The van der Waals surface area contributed by atoms with Gasteiger partial charge in [0.05, 0.1) is 11.9 Å². The smallest absolute Gasteiger partial charge is 0.192 e. The molecule has 1 aromatic carbocycles. The lowest BCUT2D eigenvalue weighted by molar-refractivity contribution is 0.561. The van der Waals surface area contributed by atoms with E-state index in [0.717, 1.165) is 28.0 Å². The maximum absolute atomic E-state index is 5.69. The fraction of sp³-hybridized carbons (Fsp3) is 0.200. The Bertz CT molecular complexity index is 764. The van der Waals surface area contributed by atoms with Crippen LogP contribution in [0.3, 0.4) is 0 Å². The molecule has 20 heavy (non-hydrogen) atoms. The van der Waals surface area contributed by atoms with Gasteiger partial charge < -0.3 is 15.5 Å². The van der Waals surface area contributed by atoms with E-state index in [-0.39, 0.29) is 0 Å². The van der Waals surface area contributed by atoms with E-state index in [2.05, 4.69) is 15.3 Å². The van der Waals surface area contributed by atoms with Crippen molar-refractivity contribution in [2.45, 2.75) is 20.4 Å². The molecule has 0 unspecified atom stereocenters. The van der Waals surface area contributed by atoms with Gasteiger partial charge in [-0.1, -0.05) is 6.07 Å². The zero-order chi connectivity index (χ0) is 14.1. The number of benzene rings is 1. The van der Waals surface area contributed by atoms with Crippen LogP contribution in [-0.2, 0) is 6.54 Å². The predicted molar refractivity (Wildman–Crippen MR) is 79.5 cm³/mol. The molecule has 0 saturated carbocycles. The topological polar surface area (TPSA) is 77.0 Å². The van der Waals surface area contributed by atoms with Gasteiger partial charge in [-0.05, 0) is 36.2 Å². The summed E-state index contributed by atoms with van der Waals surface area (Å²) in [5, 5.41) is 3.30. The SMILES string of the molecule is Cc1nc2ccc(CNc3ncc(N)cc3C)cc2o1. The third-order valence-electron chi connectivity index (χ3n) is 3.12. The Labute approximate surface area is 116 Å². The predicted octanol–water partition coefficient (Wildman–Crippen LogP) is 3.03. The number of hydrogen-bond acceptors (Lipinski definition) is 5. The molecule has 0 spiro atoms. The second-order valence-electron chi connectivity index (χ2n) is 4.82. The summed E-state index contributed by atoms with van der Waals surface area (Å²) < 4.78 is 5.53. The molecule has 2 heterocycles. The van der Waals surface area contributed by atoms with Crippen LogP contribution in [0.5, 0.6) is 0 Å². The van der Waals surface area contributed by atoms with E-state index < -0.39 is 0 Å². The lowest BCUT2D eigenvalue weighted by Crippen LogP contribution is -2.03. The van der Waals surface area contributed by atoms with Gasteiger partial charge in [0.25, 0.3) is 0 Å². The lowest BCUT2D eigenvalue weighted by atomic mass is 10.2. The van der Waals surface area contributed by atoms with Crippen molar-refractivity contribution in [1.29, 1.82) is 0 Å². The number of aromatic nitrogens is 2. The zero-order valence-electron chi connectivity index (χ0n) is 11.5. The molecule has 2 aromatic heterocycles. The Balaban J connectivity index is 1.79. The number of rotatable bonds is 3. The van der Waals surface area contributed by atoms with Gasteiger partial charge in [-0.15, -0.1) is 0 Å². The van der Waals surface area contributed by atoms with Gasteiger partial charge in [0, 0.05) is 13.5 Å². The summed E-state index contributed by atoms with van der Waals surface area (Å²) in [5.74, 6) is 1.52. The molecule has 0 aliphatic carbocycles. The highest BCUT2D eigenvalue weighted by Crippen LogP contribution is 2.19. The summed E-state index contributed by atoms with van der Waals surface area (Å²) in [7, 11) is 0. The van der Waals surface area contributed by atoms with Crippen LogP contribution >= 0.6 is 0 Å². The second-order valence-corrected chi connectivity index (χ2v) is 4.82. The quantitative estimate of drug-likeness (QED) is 0.763. The molecule has 3 rings (SSSR count). The van der Waals surface area contributed by atoms with Crippen LogP contribution in [0.25, 0.3) is 11.1 Å². The fourth-order valence-electron chi connectivity index (χ4n) is 2.16.